The van der Waals surface area contributed by atoms with Gasteiger partial charge in [0, 0.05) is 45.3 Å². The number of carbonyl (C=O) groups is 2. The van der Waals surface area contributed by atoms with Crippen LogP contribution in [0.2, 0.25) is 0 Å². The molecule has 7 heteroatoms. The second-order valence-electron chi connectivity index (χ2n) is 6.44. The van der Waals surface area contributed by atoms with E-state index in [-0.39, 0.29) is 11.8 Å². The van der Waals surface area contributed by atoms with E-state index in [0.29, 0.717) is 49.8 Å². The fourth-order valence-corrected chi connectivity index (χ4v) is 3.13. The molecule has 0 aliphatic carbocycles. The van der Waals surface area contributed by atoms with Gasteiger partial charge in [0.15, 0.2) is 0 Å². The minimum atomic E-state index is -0.0351. The van der Waals surface area contributed by atoms with Crippen LogP contribution < -0.4 is 10.1 Å². The highest BCUT2D eigenvalue weighted by Gasteiger charge is 2.22. The standard InChI is InChI=1S/C20H26N4O3/c1-2-27-18-8-4-3-6-16(18)22-19(25)9-11-23-12-14-24(15-13-23)20(26)17-7-5-10-21-17/h3-8,10,21H,2,9,11-15H2,1H3,(H,22,25). The van der Waals surface area contributed by atoms with E-state index in [1.54, 1.807) is 12.3 Å². The molecule has 27 heavy (non-hydrogen) atoms. The molecule has 0 unspecified atom stereocenters. The van der Waals surface area contributed by atoms with Crippen LogP contribution in [0.25, 0.3) is 0 Å². The smallest absolute Gasteiger partial charge is 0.270 e. The van der Waals surface area contributed by atoms with Crippen molar-refractivity contribution in [1.29, 1.82) is 0 Å². The number of para-hydroxylation sites is 2. The zero-order valence-electron chi connectivity index (χ0n) is 15.6. The van der Waals surface area contributed by atoms with Gasteiger partial charge in [0.1, 0.15) is 11.4 Å². The first-order chi connectivity index (χ1) is 13.2. The Balaban J connectivity index is 1.42. The van der Waals surface area contributed by atoms with Crippen molar-refractivity contribution < 1.29 is 14.3 Å². The largest absolute Gasteiger partial charge is 0.492 e. The van der Waals surface area contributed by atoms with Crippen LogP contribution in [0, 0.1) is 0 Å². The Labute approximate surface area is 159 Å². The van der Waals surface area contributed by atoms with Crippen LogP contribution in [-0.2, 0) is 4.79 Å². The molecular weight excluding hydrogens is 344 g/mol. The molecule has 7 nitrogen and oxygen atoms in total. The summed E-state index contributed by atoms with van der Waals surface area (Å²) < 4.78 is 5.53. The summed E-state index contributed by atoms with van der Waals surface area (Å²) in [6.45, 7) is 6.04. The van der Waals surface area contributed by atoms with Crippen molar-refractivity contribution in [2.45, 2.75) is 13.3 Å². The molecule has 1 aromatic carbocycles. The lowest BCUT2D eigenvalue weighted by molar-refractivity contribution is -0.116. The molecule has 1 saturated heterocycles. The molecule has 0 spiro atoms. The van der Waals surface area contributed by atoms with Gasteiger partial charge in [-0.3, -0.25) is 14.5 Å². The van der Waals surface area contributed by atoms with Gasteiger partial charge in [-0.15, -0.1) is 0 Å². The van der Waals surface area contributed by atoms with E-state index in [1.165, 1.54) is 0 Å². The second kappa shape index (κ2) is 9.23. The van der Waals surface area contributed by atoms with Gasteiger partial charge < -0.3 is 19.9 Å². The lowest BCUT2D eigenvalue weighted by atomic mass is 10.2. The van der Waals surface area contributed by atoms with Crippen LogP contribution in [0.3, 0.4) is 0 Å². The molecule has 3 rings (SSSR count). The summed E-state index contributed by atoms with van der Waals surface area (Å²) in [5, 5.41) is 2.92. The molecule has 2 N–H and O–H groups in total. The van der Waals surface area contributed by atoms with Gasteiger partial charge in [-0.1, -0.05) is 12.1 Å². The molecule has 1 aromatic heterocycles. The number of benzene rings is 1. The number of ether oxygens (including phenoxy) is 1. The maximum Gasteiger partial charge on any atom is 0.270 e. The number of piperazine rings is 1. The summed E-state index contributed by atoms with van der Waals surface area (Å²) in [5.41, 5.74) is 1.32. The third-order valence-corrected chi connectivity index (χ3v) is 4.60. The van der Waals surface area contributed by atoms with Crippen LogP contribution in [0.1, 0.15) is 23.8 Å². The van der Waals surface area contributed by atoms with E-state index in [0.717, 1.165) is 13.1 Å². The zero-order valence-corrected chi connectivity index (χ0v) is 15.6. The summed E-state index contributed by atoms with van der Waals surface area (Å²) in [6.07, 6.45) is 2.16. The van der Waals surface area contributed by atoms with Crippen molar-refractivity contribution in [3.8, 4) is 5.75 Å². The maximum absolute atomic E-state index is 12.3. The molecule has 1 aliphatic heterocycles. The first-order valence-corrected chi connectivity index (χ1v) is 9.34. The molecule has 2 amide bonds. The number of H-pyrrole nitrogens is 1. The lowest BCUT2D eigenvalue weighted by Crippen LogP contribution is -2.49. The first-order valence-electron chi connectivity index (χ1n) is 9.34. The number of aromatic amines is 1. The summed E-state index contributed by atoms with van der Waals surface area (Å²) in [5.74, 6) is 0.682. The Kier molecular flexibility index (Phi) is 6.49. The van der Waals surface area contributed by atoms with Gasteiger partial charge in [-0.05, 0) is 31.2 Å². The number of amides is 2. The number of rotatable bonds is 7. The Bertz CT molecular complexity index is 752. The van der Waals surface area contributed by atoms with E-state index in [2.05, 4.69) is 15.2 Å². The van der Waals surface area contributed by atoms with Crippen molar-refractivity contribution in [2.75, 3.05) is 44.6 Å². The summed E-state index contributed by atoms with van der Waals surface area (Å²) >= 11 is 0. The normalized spacial score (nSPS) is 14.8. The minimum Gasteiger partial charge on any atom is -0.492 e. The van der Waals surface area contributed by atoms with E-state index < -0.39 is 0 Å². The number of hydrogen-bond donors (Lipinski definition) is 2. The van der Waals surface area contributed by atoms with Gasteiger partial charge >= 0.3 is 0 Å². The fourth-order valence-electron chi connectivity index (χ4n) is 3.13. The lowest BCUT2D eigenvalue weighted by Gasteiger charge is -2.34. The first kappa shape index (κ1) is 19.0. The Hall–Kier alpha value is -2.80. The summed E-state index contributed by atoms with van der Waals surface area (Å²) in [6, 6.07) is 11.1. The van der Waals surface area contributed by atoms with Crippen molar-refractivity contribution in [3.05, 3.63) is 48.3 Å². The number of nitrogens with one attached hydrogen (secondary N) is 2. The third kappa shape index (κ3) is 5.10. The molecule has 2 heterocycles. The number of anilines is 1. The number of aromatic nitrogens is 1. The highest BCUT2D eigenvalue weighted by Crippen LogP contribution is 2.23. The van der Waals surface area contributed by atoms with Crippen molar-refractivity contribution in [3.63, 3.8) is 0 Å². The monoisotopic (exact) mass is 370 g/mol. The molecule has 0 saturated carbocycles. The Morgan fingerprint density at radius 1 is 1.11 bits per heavy atom. The van der Waals surface area contributed by atoms with Gasteiger partial charge in [0.05, 0.1) is 12.3 Å². The van der Waals surface area contributed by atoms with Gasteiger partial charge in [0.2, 0.25) is 5.91 Å². The van der Waals surface area contributed by atoms with Crippen LogP contribution in [0.5, 0.6) is 5.75 Å². The predicted octanol–water partition coefficient (Wildman–Crippen LogP) is 2.20. The SMILES string of the molecule is CCOc1ccccc1NC(=O)CCN1CCN(C(=O)c2ccc[nH]2)CC1. The Morgan fingerprint density at radius 3 is 2.59 bits per heavy atom. The fraction of sp³-hybridized carbons (Fsp3) is 0.400. The van der Waals surface area contributed by atoms with Gasteiger partial charge in [-0.2, -0.15) is 0 Å². The molecule has 1 aliphatic rings. The average molecular weight is 370 g/mol. The topological polar surface area (TPSA) is 77.7 Å². The number of nitrogens with zero attached hydrogens (tertiary/aromatic N) is 2. The summed E-state index contributed by atoms with van der Waals surface area (Å²) in [7, 11) is 0. The van der Waals surface area contributed by atoms with Crippen LogP contribution >= 0.6 is 0 Å². The molecule has 1 fully saturated rings. The van der Waals surface area contributed by atoms with Crippen molar-refractivity contribution in [1.82, 2.24) is 14.8 Å². The van der Waals surface area contributed by atoms with Crippen LogP contribution in [-0.4, -0.2) is 65.9 Å². The Morgan fingerprint density at radius 2 is 1.89 bits per heavy atom. The minimum absolute atomic E-state index is 0.0323. The van der Waals surface area contributed by atoms with E-state index >= 15 is 0 Å². The molecule has 0 radical (unpaired) electrons. The van der Waals surface area contributed by atoms with E-state index in [1.807, 2.05) is 42.2 Å². The maximum atomic E-state index is 12.3. The van der Waals surface area contributed by atoms with Crippen molar-refractivity contribution >= 4 is 17.5 Å². The van der Waals surface area contributed by atoms with Gasteiger partial charge in [0.25, 0.3) is 5.91 Å². The number of hydrogen-bond acceptors (Lipinski definition) is 4. The molecule has 144 valence electrons. The van der Waals surface area contributed by atoms with E-state index in [4.69, 9.17) is 4.74 Å². The highest BCUT2D eigenvalue weighted by molar-refractivity contribution is 5.93. The van der Waals surface area contributed by atoms with Crippen LogP contribution in [0.15, 0.2) is 42.6 Å². The predicted molar refractivity (Wildman–Crippen MR) is 104 cm³/mol. The molecular formula is C20H26N4O3. The average Bonchev–Trinajstić information content (AvgIpc) is 3.23. The molecule has 0 bridgehead atoms. The summed E-state index contributed by atoms with van der Waals surface area (Å²) in [4.78, 5) is 31.6. The van der Waals surface area contributed by atoms with E-state index in [9.17, 15) is 9.59 Å². The van der Waals surface area contributed by atoms with Crippen LogP contribution in [0.4, 0.5) is 5.69 Å². The molecule has 0 atom stereocenters. The van der Waals surface area contributed by atoms with Gasteiger partial charge in [-0.25, -0.2) is 0 Å². The second-order valence-corrected chi connectivity index (χ2v) is 6.44. The highest BCUT2D eigenvalue weighted by atomic mass is 16.5. The zero-order chi connectivity index (χ0) is 19.1. The third-order valence-electron chi connectivity index (χ3n) is 4.60. The molecule has 2 aromatic rings. The number of carbonyl (C=O) groups excluding carboxylic acids is 2. The van der Waals surface area contributed by atoms with Crippen molar-refractivity contribution in [2.24, 2.45) is 0 Å². The quantitative estimate of drug-likeness (QED) is 0.783.